The van der Waals surface area contributed by atoms with Gasteiger partial charge in [-0.25, -0.2) is 0 Å². The lowest BCUT2D eigenvalue weighted by Gasteiger charge is -2.27. The van der Waals surface area contributed by atoms with Crippen LogP contribution in [0.5, 0.6) is 0 Å². The van der Waals surface area contributed by atoms with Gasteiger partial charge in [-0.1, -0.05) is 13.8 Å². The number of nitrogens with one attached hydrogen (secondary N) is 1. The van der Waals surface area contributed by atoms with Crippen molar-refractivity contribution in [3.63, 3.8) is 0 Å². The first kappa shape index (κ1) is 11.5. The Morgan fingerprint density at radius 1 is 1.36 bits per heavy atom. The van der Waals surface area contributed by atoms with Crippen molar-refractivity contribution in [2.24, 2.45) is 11.1 Å². The van der Waals surface area contributed by atoms with Gasteiger partial charge in [-0.05, 0) is 44.7 Å². The summed E-state index contributed by atoms with van der Waals surface area (Å²) in [5.41, 5.74) is 5.99. The summed E-state index contributed by atoms with van der Waals surface area (Å²) in [5.74, 6) is 0.296. The molecule has 1 rings (SSSR count). The van der Waals surface area contributed by atoms with Crippen molar-refractivity contribution in [2.45, 2.75) is 46.1 Å². The van der Waals surface area contributed by atoms with Crippen LogP contribution >= 0.6 is 0 Å². The smallest absolute Gasteiger partial charge is 0.108 e. The van der Waals surface area contributed by atoms with Gasteiger partial charge in [0.25, 0.3) is 0 Å². The van der Waals surface area contributed by atoms with Crippen LogP contribution in [0.3, 0.4) is 0 Å². The highest BCUT2D eigenvalue weighted by atomic mass is 15.2. The van der Waals surface area contributed by atoms with Gasteiger partial charge in [0.2, 0.25) is 0 Å². The van der Waals surface area contributed by atoms with E-state index in [0.717, 1.165) is 13.1 Å². The predicted octanol–water partition coefficient (Wildman–Crippen LogP) is 1.82. The van der Waals surface area contributed by atoms with E-state index >= 15 is 0 Å². The third kappa shape index (κ3) is 2.98. The zero-order valence-corrected chi connectivity index (χ0v) is 9.64. The Bertz CT molecular complexity index is 211. The van der Waals surface area contributed by atoms with Crippen molar-refractivity contribution in [2.75, 3.05) is 13.1 Å². The second-order valence-corrected chi connectivity index (χ2v) is 5.19. The fourth-order valence-electron chi connectivity index (χ4n) is 2.03. The highest BCUT2D eigenvalue weighted by Crippen LogP contribution is 2.30. The molecule has 1 aliphatic rings. The Labute approximate surface area is 87.2 Å². The monoisotopic (exact) mass is 197 g/mol. The van der Waals surface area contributed by atoms with Crippen molar-refractivity contribution < 1.29 is 0 Å². The summed E-state index contributed by atoms with van der Waals surface area (Å²) in [6.45, 7) is 8.85. The van der Waals surface area contributed by atoms with Gasteiger partial charge in [0.05, 0.1) is 6.04 Å². The van der Waals surface area contributed by atoms with Crippen molar-refractivity contribution in [3.8, 4) is 0 Å². The van der Waals surface area contributed by atoms with Crippen molar-refractivity contribution in [1.82, 2.24) is 4.90 Å². The van der Waals surface area contributed by atoms with Crippen molar-refractivity contribution in [3.05, 3.63) is 0 Å². The molecule has 1 atom stereocenters. The molecule has 0 bridgehead atoms. The standard InChI is InChI=1S/C11H23N3/c1-9(10(12)13)14-7-4-5-11(2,3)6-8-14/h9H,4-8H2,1-3H3,(H3,12,13). The molecule has 0 spiro atoms. The normalized spacial score (nSPS) is 25.4. The van der Waals surface area contributed by atoms with Crippen molar-refractivity contribution in [1.29, 1.82) is 5.41 Å². The molecule has 0 aromatic carbocycles. The molecule has 3 N–H and O–H groups in total. The van der Waals surface area contributed by atoms with Gasteiger partial charge in [-0.3, -0.25) is 10.3 Å². The molecule has 0 saturated carbocycles. The Kier molecular flexibility index (Phi) is 3.53. The van der Waals surface area contributed by atoms with Crippen LogP contribution in [0.2, 0.25) is 0 Å². The zero-order chi connectivity index (χ0) is 10.8. The van der Waals surface area contributed by atoms with Gasteiger partial charge in [-0.2, -0.15) is 0 Å². The molecule has 1 saturated heterocycles. The Morgan fingerprint density at radius 2 is 2.00 bits per heavy atom. The summed E-state index contributed by atoms with van der Waals surface area (Å²) in [6, 6.07) is 0.115. The third-order valence-corrected chi connectivity index (χ3v) is 3.37. The van der Waals surface area contributed by atoms with E-state index in [9.17, 15) is 0 Å². The van der Waals surface area contributed by atoms with Gasteiger partial charge in [0, 0.05) is 0 Å². The number of likely N-dealkylation sites (tertiary alicyclic amines) is 1. The first-order chi connectivity index (χ1) is 6.42. The lowest BCUT2D eigenvalue weighted by Crippen LogP contribution is -2.42. The van der Waals surface area contributed by atoms with E-state index in [4.69, 9.17) is 11.1 Å². The number of rotatable bonds is 2. The van der Waals surface area contributed by atoms with E-state index in [-0.39, 0.29) is 6.04 Å². The average Bonchev–Trinajstić information content (AvgIpc) is 2.25. The van der Waals surface area contributed by atoms with Crippen LogP contribution in [0.1, 0.15) is 40.0 Å². The SMILES string of the molecule is CC(C(=N)N)N1CCCC(C)(C)CC1. The summed E-state index contributed by atoms with van der Waals surface area (Å²) in [5, 5.41) is 7.44. The number of hydrogen-bond acceptors (Lipinski definition) is 2. The minimum atomic E-state index is 0.115. The summed E-state index contributed by atoms with van der Waals surface area (Å²) >= 11 is 0. The van der Waals surface area contributed by atoms with Gasteiger partial charge < -0.3 is 5.73 Å². The maximum atomic E-state index is 7.44. The summed E-state index contributed by atoms with van der Waals surface area (Å²) in [7, 11) is 0. The molecule has 0 radical (unpaired) electrons. The lowest BCUT2D eigenvalue weighted by molar-refractivity contribution is 0.245. The average molecular weight is 197 g/mol. The molecule has 14 heavy (non-hydrogen) atoms. The second-order valence-electron chi connectivity index (χ2n) is 5.19. The van der Waals surface area contributed by atoms with E-state index in [2.05, 4.69) is 18.7 Å². The highest BCUT2D eigenvalue weighted by Gasteiger charge is 2.25. The molecule has 1 unspecified atom stereocenters. The van der Waals surface area contributed by atoms with E-state index in [0.29, 0.717) is 11.3 Å². The molecule has 0 aromatic rings. The topological polar surface area (TPSA) is 53.1 Å². The molecule has 3 heteroatoms. The number of hydrogen-bond donors (Lipinski definition) is 2. The maximum absolute atomic E-state index is 7.44. The Hall–Kier alpha value is -0.570. The molecule has 0 aliphatic carbocycles. The van der Waals surface area contributed by atoms with E-state index in [1.807, 2.05) is 6.92 Å². The summed E-state index contributed by atoms with van der Waals surface area (Å²) in [4.78, 5) is 2.33. The Morgan fingerprint density at radius 3 is 2.57 bits per heavy atom. The summed E-state index contributed by atoms with van der Waals surface area (Å²) < 4.78 is 0. The van der Waals surface area contributed by atoms with Crippen LogP contribution in [0, 0.1) is 10.8 Å². The van der Waals surface area contributed by atoms with Crippen LogP contribution in [0.25, 0.3) is 0 Å². The first-order valence-corrected chi connectivity index (χ1v) is 5.50. The zero-order valence-electron chi connectivity index (χ0n) is 9.64. The van der Waals surface area contributed by atoms with Crippen LogP contribution < -0.4 is 5.73 Å². The molecule has 1 heterocycles. The fourth-order valence-corrected chi connectivity index (χ4v) is 2.03. The minimum Gasteiger partial charge on any atom is -0.386 e. The molecule has 3 nitrogen and oxygen atoms in total. The first-order valence-electron chi connectivity index (χ1n) is 5.50. The Balaban J connectivity index is 2.54. The maximum Gasteiger partial charge on any atom is 0.108 e. The molecule has 1 aliphatic heterocycles. The molecule has 1 fully saturated rings. The predicted molar refractivity (Wildman–Crippen MR) is 60.6 cm³/mol. The molecular weight excluding hydrogens is 174 g/mol. The van der Waals surface area contributed by atoms with Gasteiger partial charge >= 0.3 is 0 Å². The van der Waals surface area contributed by atoms with E-state index in [1.54, 1.807) is 0 Å². The number of nitrogens with two attached hydrogens (primary N) is 1. The van der Waals surface area contributed by atoms with Crippen LogP contribution in [-0.2, 0) is 0 Å². The van der Waals surface area contributed by atoms with Crippen LogP contribution in [0.4, 0.5) is 0 Å². The van der Waals surface area contributed by atoms with Gasteiger partial charge in [0.1, 0.15) is 5.84 Å². The van der Waals surface area contributed by atoms with E-state index < -0.39 is 0 Å². The van der Waals surface area contributed by atoms with E-state index in [1.165, 1.54) is 19.3 Å². The van der Waals surface area contributed by atoms with Gasteiger partial charge in [-0.15, -0.1) is 0 Å². The number of amidine groups is 1. The molecule has 0 amide bonds. The molecule has 82 valence electrons. The number of nitrogens with zero attached hydrogens (tertiary/aromatic N) is 1. The lowest BCUT2D eigenvalue weighted by atomic mass is 9.85. The van der Waals surface area contributed by atoms with Gasteiger partial charge in [0.15, 0.2) is 0 Å². The third-order valence-electron chi connectivity index (χ3n) is 3.37. The van der Waals surface area contributed by atoms with Crippen LogP contribution in [0.15, 0.2) is 0 Å². The minimum absolute atomic E-state index is 0.115. The van der Waals surface area contributed by atoms with Crippen LogP contribution in [-0.4, -0.2) is 29.9 Å². The molecular formula is C11H23N3. The highest BCUT2D eigenvalue weighted by molar-refractivity contribution is 5.82. The molecule has 0 aromatic heterocycles. The fraction of sp³-hybridized carbons (Fsp3) is 0.909. The largest absolute Gasteiger partial charge is 0.386 e. The summed E-state index contributed by atoms with van der Waals surface area (Å²) in [6.07, 6.45) is 3.73. The quantitative estimate of drug-likeness (QED) is 0.524. The van der Waals surface area contributed by atoms with Crippen molar-refractivity contribution >= 4 is 5.84 Å². The second kappa shape index (κ2) is 4.30.